The molecule has 0 fully saturated rings. The Kier molecular flexibility index (Phi) is 5.39. The molecule has 0 saturated heterocycles. The highest BCUT2D eigenvalue weighted by molar-refractivity contribution is 9.10. The molecule has 3 nitrogen and oxygen atoms in total. The Balaban J connectivity index is 2.19. The molecular weight excluding hydrogens is 328 g/mol. The maximum Gasteiger partial charge on any atom is 0.224 e. The molecule has 0 radical (unpaired) electrons. The molecule has 0 heterocycles. The summed E-state index contributed by atoms with van der Waals surface area (Å²) >= 11 is 3.58. The third-order valence-corrected chi connectivity index (χ3v) is 4.11. The number of carbonyl (C=O) groups is 1. The summed E-state index contributed by atoms with van der Waals surface area (Å²) in [5.41, 5.74) is 3.17. The molecule has 2 rings (SSSR count). The van der Waals surface area contributed by atoms with Crippen LogP contribution in [0.2, 0.25) is 0 Å². The molecule has 0 spiro atoms. The number of carbonyl (C=O) groups excluding carboxylic acids is 1. The fourth-order valence-corrected chi connectivity index (χ4v) is 2.84. The summed E-state index contributed by atoms with van der Waals surface area (Å²) in [6, 6.07) is 16.2. The van der Waals surface area contributed by atoms with Crippen LogP contribution in [0.1, 0.15) is 24.1 Å². The maximum atomic E-state index is 11.6. The van der Waals surface area contributed by atoms with Gasteiger partial charge in [-0.1, -0.05) is 52.3 Å². The number of para-hydroxylation sites is 1. The van der Waals surface area contributed by atoms with E-state index in [1.54, 1.807) is 7.05 Å². The molecule has 0 aliphatic heterocycles. The van der Waals surface area contributed by atoms with Crippen LogP contribution < -0.4 is 10.6 Å². The fraction of sp³-hybridized carbons (Fsp3) is 0.235. The van der Waals surface area contributed by atoms with Crippen LogP contribution in [0.5, 0.6) is 0 Å². The van der Waals surface area contributed by atoms with Gasteiger partial charge in [0.05, 0.1) is 6.42 Å². The van der Waals surface area contributed by atoms with E-state index in [1.807, 2.05) is 42.5 Å². The van der Waals surface area contributed by atoms with Crippen LogP contribution >= 0.6 is 15.9 Å². The van der Waals surface area contributed by atoms with E-state index >= 15 is 0 Å². The Morgan fingerprint density at radius 1 is 1.14 bits per heavy atom. The monoisotopic (exact) mass is 346 g/mol. The van der Waals surface area contributed by atoms with Crippen molar-refractivity contribution in [3.05, 3.63) is 64.1 Å². The Morgan fingerprint density at radius 3 is 2.52 bits per heavy atom. The van der Waals surface area contributed by atoms with Gasteiger partial charge in [-0.3, -0.25) is 4.79 Å². The van der Waals surface area contributed by atoms with Crippen molar-refractivity contribution in [1.82, 2.24) is 5.32 Å². The van der Waals surface area contributed by atoms with Crippen molar-refractivity contribution in [1.29, 1.82) is 0 Å². The molecule has 0 aromatic heterocycles. The molecule has 2 aromatic carbocycles. The Hall–Kier alpha value is -1.81. The van der Waals surface area contributed by atoms with E-state index in [4.69, 9.17) is 0 Å². The molecule has 1 amide bonds. The molecule has 1 atom stereocenters. The lowest BCUT2D eigenvalue weighted by molar-refractivity contribution is -0.119. The summed E-state index contributed by atoms with van der Waals surface area (Å²) in [5.74, 6) is 0.0118. The molecule has 21 heavy (non-hydrogen) atoms. The lowest BCUT2D eigenvalue weighted by Gasteiger charge is -2.19. The highest BCUT2D eigenvalue weighted by Crippen LogP contribution is 2.27. The van der Waals surface area contributed by atoms with E-state index < -0.39 is 0 Å². The van der Waals surface area contributed by atoms with E-state index in [0.717, 1.165) is 15.7 Å². The van der Waals surface area contributed by atoms with Gasteiger partial charge in [-0.05, 0) is 30.2 Å². The first-order valence-corrected chi connectivity index (χ1v) is 7.70. The zero-order chi connectivity index (χ0) is 15.2. The molecule has 2 aromatic rings. The molecular formula is C17H19BrN2O. The van der Waals surface area contributed by atoms with Crippen molar-refractivity contribution in [3.8, 4) is 0 Å². The molecule has 0 bridgehead atoms. The van der Waals surface area contributed by atoms with E-state index in [2.05, 4.69) is 39.6 Å². The average molecular weight is 347 g/mol. The second-order valence-electron chi connectivity index (χ2n) is 4.89. The van der Waals surface area contributed by atoms with Crippen molar-refractivity contribution in [2.75, 3.05) is 12.4 Å². The second-order valence-corrected chi connectivity index (χ2v) is 5.75. The van der Waals surface area contributed by atoms with Gasteiger partial charge < -0.3 is 10.6 Å². The first-order valence-electron chi connectivity index (χ1n) is 6.91. The summed E-state index contributed by atoms with van der Waals surface area (Å²) in [6.45, 7) is 2.11. The van der Waals surface area contributed by atoms with Crippen molar-refractivity contribution in [2.45, 2.75) is 19.4 Å². The topological polar surface area (TPSA) is 41.1 Å². The van der Waals surface area contributed by atoms with E-state index in [1.165, 1.54) is 5.56 Å². The largest absolute Gasteiger partial charge is 0.378 e. The minimum Gasteiger partial charge on any atom is -0.378 e. The lowest BCUT2D eigenvalue weighted by Crippen LogP contribution is -2.21. The predicted octanol–water partition coefficient (Wildman–Crippen LogP) is 3.91. The van der Waals surface area contributed by atoms with Crippen LogP contribution in [-0.4, -0.2) is 13.0 Å². The van der Waals surface area contributed by atoms with Crippen molar-refractivity contribution in [3.63, 3.8) is 0 Å². The third-order valence-electron chi connectivity index (χ3n) is 3.39. The molecule has 0 saturated carbocycles. The van der Waals surface area contributed by atoms with Gasteiger partial charge in [0.1, 0.15) is 0 Å². The minimum absolute atomic E-state index is 0.0118. The first kappa shape index (κ1) is 15.6. The second kappa shape index (κ2) is 7.27. The molecule has 0 aliphatic carbocycles. The van der Waals surface area contributed by atoms with Crippen molar-refractivity contribution in [2.24, 2.45) is 0 Å². The summed E-state index contributed by atoms with van der Waals surface area (Å²) in [7, 11) is 1.65. The van der Waals surface area contributed by atoms with Gasteiger partial charge >= 0.3 is 0 Å². The Bertz CT molecular complexity index is 628. The zero-order valence-corrected chi connectivity index (χ0v) is 13.8. The van der Waals surface area contributed by atoms with Crippen molar-refractivity contribution >= 4 is 27.5 Å². The number of hydrogen-bond acceptors (Lipinski definition) is 2. The molecule has 110 valence electrons. The summed E-state index contributed by atoms with van der Waals surface area (Å²) in [6.07, 6.45) is 0.377. The minimum atomic E-state index is 0.0118. The Morgan fingerprint density at radius 2 is 1.81 bits per heavy atom. The number of likely N-dealkylation sites (N-methyl/N-ethyl adjacent to an activating group) is 1. The van der Waals surface area contributed by atoms with Gasteiger partial charge in [0.2, 0.25) is 5.91 Å². The number of benzene rings is 2. The highest BCUT2D eigenvalue weighted by atomic mass is 79.9. The predicted molar refractivity (Wildman–Crippen MR) is 90.4 cm³/mol. The van der Waals surface area contributed by atoms with Gasteiger partial charge in [-0.2, -0.15) is 0 Å². The van der Waals surface area contributed by atoms with E-state index in [-0.39, 0.29) is 11.9 Å². The van der Waals surface area contributed by atoms with E-state index in [0.29, 0.717) is 6.42 Å². The van der Waals surface area contributed by atoms with Gasteiger partial charge in [0.15, 0.2) is 0 Å². The van der Waals surface area contributed by atoms with E-state index in [9.17, 15) is 4.79 Å². The number of nitrogens with one attached hydrogen (secondary N) is 2. The number of hydrogen-bond donors (Lipinski definition) is 2. The van der Waals surface area contributed by atoms with Crippen LogP contribution in [0.25, 0.3) is 0 Å². The van der Waals surface area contributed by atoms with Crippen LogP contribution in [0.4, 0.5) is 5.69 Å². The summed E-state index contributed by atoms with van der Waals surface area (Å²) in [4.78, 5) is 11.6. The highest BCUT2D eigenvalue weighted by Gasteiger charge is 2.12. The zero-order valence-electron chi connectivity index (χ0n) is 12.2. The number of rotatable bonds is 5. The normalized spacial score (nSPS) is 11.8. The summed E-state index contributed by atoms with van der Waals surface area (Å²) < 4.78 is 1.08. The maximum absolute atomic E-state index is 11.6. The average Bonchev–Trinajstić information content (AvgIpc) is 2.49. The quantitative estimate of drug-likeness (QED) is 0.861. The first-order chi connectivity index (χ1) is 10.1. The number of anilines is 1. The number of halogens is 1. The standard InChI is InChI=1S/C17H19BrN2O/c1-12(14-8-4-5-9-15(14)18)20-16-10-6-3-7-13(16)11-17(21)19-2/h3-10,12,20H,11H2,1-2H3,(H,19,21). The third kappa shape index (κ3) is 4.08. The molecule has 0 aliphatic rings. The van der Waals surface area contributed by atoms with Crippen LogP contribution in [-0.2, 0) is 11.2 Å². The molecule has 4 heteroatoms. The molecule has 1 unspecified atom stereocenters. The summed E-state index contributed by atoms with van der Waals surface area (Å²) in [5, 5.41) is 6.15. The van der Waals surface area contributed by atoms with Crippen LogP contribution in [0.15, 0.2) is 53.0 Å². The van der Waals surface area contributed by atoms with Crippen LogP contribution in [0, 0.1) is 0 Å². The van der Waals surface area contributed by atoms with Crippen LogP contribution in [0.3, 0.4) is 0 Å². The van der Waals surface area contributed by atoms with Gasteiger partial charge in [0, 0.05) is 23.2 Å². The van der Waals surface area contributed by atoms with Gasteiger partial charge in [0.25, 0.3) is 0 Å². The smallest absolute Gasteiger partial charge is 0.224 e. The van der Waals surface area contributed by atoms with Gasteiger partial charge in [-0.15, -0.1) is 0 Å². The SMILES string of the molecule is CNC(=O)Cc1ccccc1NC(C)c1ccccc1Br. The number of amides is 1. The Labute approximate surface area is 133 Å². The molecule has 2 N–H and O–H groups in total. The lowest BCUT2D eigenvalue weighted by atomic mass is 10.1. The van der Waals surface area contributed by atoms with Gasteiger partial charge in [-0.25, -0.2) is 0 Å². The fourth-order valence-electron chi connectivity index (χ4n) is 2.21. The van der Waals surface area contributed by atoms with Crippen molar-refractivity contribution < 1.29 is 4.79 Å².